The lowest BCUT2D eigenvalue weighted by atomic mass is 9.74. The van der Waals surface area contributed by atoms with Crippen molar-refractivity contribution in [1.29, 1.82) is 0 Å². The van der Waals surface area contributed by atoms with Crippen molar-refractivity contribution in [2.75, 3.05) is 11.9 Å². The second-order valence-corrected chi connectivity index (χ2v) is 12.3. The van der Waals surface area contributed by atoms with Gasteiger partial charge in [0.05, 0.1) is 5.03 Å². The van der Waals surface area contributed by atoms with Gasteiger partial charge in [0.25, 0.3) is 5.91 Å². The van der Waals surface area contributed by atoms with Crippen LogP contribution >= 0.6 is 23.1 Å². The van der Waals surface area contributed by atoms with Gasteiger partial charge in [0.15, 0.2) is 6.61 Å². The minimum Gasteiger partial charge on any atom is -0.483 e. The van der Waals surface area contributed by atoms with Gasteiger partial charge < -0.3 is 15.0 Å². The quantitative estimate of drug-likeness (QED) is 0.330. The number of benzene rings is 3. The topological polar surface area (TPSA) is 71.2 Å². The normalized spacial score (nSPS) is 25.9. The SMILES string of the molecule is O=C(COc1ccccc1[C@H]1c2sc(=O)[nH]c2SC2C3CCC(C3)C21)Nc1cccc2ccccc12. The van der Waals surface area contributed by atoms with Crippen LogP contribution < -0.4 is 14.9 Å². The van der Waals surface area contributed by atoms with E-state index >= 15 is 0 Å². The van der Waals surface area contributed by atoms with Gasteiger partial charge in [-0.05, 0) is 54.5 Å². The molecule has 3 aliphatic rings. The predicted molar refractivity (Wildman–Crippen MR) is 145 cm³/mol. The number of fused-ring (bicyclic) bond motifs is 7. The number of para-hydroxylation sites is 1. The highest BCUT2D eigenvalue weighted by Crippen LogP contribution is 2.64. The van der Waals surface area contributed by atoms with Gasteiger partial charge in [-0.25, -0.2) is 0 Å². The number of rotatable bonds is 5. The number of aromatic nitrogens is 1. The van der Waals surface area contributed by atoms with Crippen LogP contribution in [0.4, 0.5) is 5.69 Å². The van der Waals surface area contributed by atoms with Crippen LogP contribution in [0.2, 0.25) is 0 Å². The highest BCUT2D eigenvalue weighted by atomic mass is 32.2. The summed E-state index contributed by atoms with van der Waals surface area (Å²) in [7, 11) is 0. The fourth-order valence-electron chi connectivity index (χ4n) is 6.73. The fraction of sp³-hybridized carbons (Fsp3) is 0.310. The van der Waals surface area contributed by atoms with E-state index in [1.807, 2.05) is 72.4 Å². The molecule has 7 heteroatoms. The molecule has 4 aromatic rings. The van der Waals surface area contributed by atoms with Crippen molar-refractivity contribution in [3.63, 3.8) is 0 Å². The minimum atomic E-state index is -0.190. The average molecular weight is 515 g/mol. The van der Waals surface area contributed by atoms with E-state index < -0.39 is 0 Å². The molecule has 2 heterocycles. The van der Waals surface area contributed by atoms with Crippen molar-refractivity contribution in [3.05, 3.63) is 86.8 Å². The summed E-state index contributed by atoms with van der Waals surface area (Å²) in [5, 5.41) is 6.68. The Morgan fingerprint density at radius 2 is 1.81 bits per heavy atom. The summed E-state index contributed by atoms with van der Waals surface area (Å²) in [6, 6.07) is 22.0. The molecule has 5 atom stereocenters. The van der Waals surface area contributed by atoms with Gasteiger partial charge in [-0.2, -0.15) is 0 Å². The molecule has 5 nitrogen and oxygen atoms in total. The molecule has 0 spiro atoms. The van der Waals surface area contributed by atoms with Crippen molar-refractivity contribution >= 4 is 45.5 Å². The van der Waals surface area contributed by atoms with E-state index in [1.165, 1.54) is 30.6 Å². The van der Waals surface area contributed by atoms with E-state index in [1.54, 1.807) is 0 Å². The number of anilines is 1. The second-order valence-electron chi connectivity index (χ2n) is 10.1. The average Bonchev–Trinajstić information content (AvgIpc) is 3.61. The van der Waals surface area contributed by atoms with E-state index in [2.05, 4.69) is 16.4 Å². The number of H-pyrrole nitrogens is 1. The first-order valence-corrected chi connectivity index (χ1v) is 14.2. The molecular formula is C29H26N2O3S2. The monoisotopic (exact) mass is 514 g/mol. The number of carbonyl (C=O) groups excluding carboxylic acids is 1. The summed E-state index contributed by atoms with van der Waals surface area (Å²) >= 11 is 3.22. The molecule has 2 aliphatic carbocycles. The van der Waals surface area contributed by atoms with Crippen molar-refractivity contribution in [3.8, 4) is 5.75 Å². The van der Waals surface area contributed by atoms with Gasteiger partial charge in [-0.3, -0.25) is 9.59 Å². The van der Waals surface area contributed by atoms with Crippen LogP contribution in [0.1, 0.15) is 35.6 Å². The minimum absolute atomic E-state index is 0.0117. The molecule has 4 unspecified atom stereocenters. The standard InChI is InChI=1S/C29H26N2O3S2/c32-23(30-21-10-5-7-16-6-1-2-8-19(16)21)15-34-22-11-4-3-9-20(22)25-24-17-12-13-18(14-17)26(24)35-28-27(25)36-29(33)31-28/h1-11,17-18,24-26H,12-15H2,(H,30,32)(H,31,33)/t17?,18?,24?,25-,26?/m1/s1. The number of thiazole rings is 1. The number of thioether (sulfide) groups is 1. The molecule has 2 N–H and O–H groups in total. The smallest absolute Gasteiger partial charge is 0.305 e. The van der Waals surface area contributed by atoms with Gasteiger partial charge in [-0.1, -0.05) is 65.9 Å². The first-order chi connectivity index (χ1) is 17.7. The van der Waals surface area contributed by atoms with E-state index in [0.717, 1.165) is 43.6 Å². The summed E-state index contributed by atoms with van der Waals surface area (Å²) in [6.07, 6.45) is 3.85. The van der Waals surface area contributed by atoms with Gasteiger partial charge >= 0.3 is 4.87 Å². The Hall–Kier alpha value is -3.03. The summed E-state index contributed by atoms with van der Waals surface area (Å²) < 4.78 is 6.18. The molecule has 3 aromatic carbocycles. The predicted octanol–water partition coefficient (Wildman–Crippen LogP) is 6.26. The molecular weight excluding hydrogens is 488 g/mol. The van der Waals surface area contributed by atoms with Crippen LogP contribution in [0.25, 0.3) is 10.8 Å². The first kappa shape index (κ1) is 22.2. The molecule has 2 fully saturated rings. The van der Waals surface area contributed by atoms with Crippen molar-refractivity contribution in [2.45, 2.75) is 35.5 Å². The molecule has 0 saturated heterocycles. The lowest BCUT2D eigenvalue weighted by molar-refractivity contribution is -0.118. The molecule has 1 amide bonds. The zero-order valence-electron chi connectivity index (χ0n) is 19.6. The Kier molecular flexibility index (Phi) is 5.44. The first-order valence-electron chi connectivity index (χ1n) is 12.5. The maximum Gasteiger partial charge on any atom is 0.305 e. The van der Waals surface area contributed by atoms with E-state index in [9.17, 15) is 9.59 Å². The third-order valence-corrected chi connectivity index (χ3v) is 10.8. The van der Waals surface area contributed by atoms with Crippen molar-refractivity contribution < 1.29 is 9.53 Å². The van der Waals surface area contributed by atoms with Crippen LogP contribution in [-0.4, -0.2) is 22.7 Å². The number of nitrogens with one attached hydrogen (secondary N) is 2. The molecule has 182 valence electrons. The number of hydrogen-bond donors (Lipinski definition) is 2. The second kappa shape index (κ2) is 8.82. The molecule has 0 radical (unpaired) electrons. The van der Waals surface area contributed by atoms with Gasteiger partial charge in [-0.15, -0.1) is 11.8 Å². The molecule has 36 heavy (non-hydrogen) atoms. The highest BCUT2D eigenvalue weighted by molar-refractivity contribution is 8.00. The van der Waals surface area contributed by atoms with Crippen LogP contribution in [0.15, 0.2) is 76.6 Å². The maximum absolute atomic E-state index is 12.9. The zero-order chi connectivity index (χ0) is 24.2. The summed E-state index contributed by atoms with van der Waals surface area (Å²) in [6.45, 7) is -0.0713. The van der Waals surface area contributed by atoms with Gasteiger partial charge in [0, 0.05) is 32.7 Å². The Balaban J connectivity index is 1.17. The Labute approximate surface area is 217 Å². The molecule has 2 saturated carbocycles. The van der Waals surface area contributed by atoms with Crippen LogP contribution in [0, 0.1) is 17.8 Å². The molecule has 7 rings (SSSR count). The Morgan fingerprint density at radius 1 is 1.00 bits per heavy atom. The number of hydrogen-bond acceptors (Lipinski definition) is 5. The lowest BCUT2D eigenvalue weighted by Gasteiger charge is -2.40. The van der Waals surface area contributed by atoms with Crippen LogP contribution in [-0.2, 0) is 4.79 Å². The van der Waals surface area contributed by atoms with Gasteiger partial charge in [0.1, 0.15) is 5.75 Å². The van der Waals surface area contributed by atoms with Gasteiger partial charge in [0.2, 0.25) is 0 Å². The van der Waals surface area contributed by atoms with E-state index in [4.69, 9.17) is 4.74 Å². The molecule has 1 aromatic heterocycles. The number of ether oxygens (including phenoxy) is 1. The third kappa shape index (κ3) is 3.68. The van der Waals surface area contributed by atoms with Crippen molar-refractivity contribution in [1.82, 2.24) is 4.98 Å². The fourth-order valence-corrected chi connectivity index (χ4v) is 9.62. The number of carbonyl (C=O) groups is 1. The Bertz CT molecular complexity index is 1520. The van der Waals surface area contributed by atoms with E-state index in [-0.39, 0.29) is 23.3 Å². The zero-order valence-corrected chi connectivity index (χ0v) is 21.2. The maximum atomic E-state index is 12.9. The Morgan fingerprint density at radius 3 is 2.75 bits per heavy atom. The van der Waals surface area contributed by atoms with Crippen molar-refractivity contribution in [2.24, 2.45) is 17.8 Å². The summed E-state index contributed by atoms with van der Waals surface area (Å²) in [4.78, 5) is 29.5. The van der Waals surface area contributed by atoms with Crippen LogP contribution in [0.3, 0.4) is 0 Å². The van der Waals surface area contributed by atoms with E-state index in [0.29, 0.717) is 17.1 Å². The number of aromatic amines is 1. The summed E-state index contributed by atoms with van der Waals surface area (Å²) in [5.74, 6) is 2.58. The summed E-state index contributed by atoms with van der Waals surface area (Å²) in [5.41, 5.74) is 1.88. The molecule has 2 bridgehead atoms. The highest BCUT2D eigenvalue weighted by Gasteiger charge is 2.55. The number of amides is 1. The lowest BCUT2D eigenvalue weighted by Crippen LogP contribution is -2.34. The third-order valence-electron chi connectivity index (χ3n) is 8.14. The van der Waals surface area contributed by atoms with Crippen LogP contribution in [0.5, 0.6) is 5.75 Å². The largest absolute Gasteiger partial charge is 0.483 e. The molecule has 1 aliphatic heterocycles.